The van der Waals surface area contributed by atoms with E-state index < -0.39 is 5.60 Å². The molecule has 3 heterocycles. The number of hydrogen-bond donors (Lipinski definition) is 0. The van der Waals surface area contributed by atoms with Gasteiger partial charge in [0.05, 0.1) is 17.6 Å². The zero-order chi connectivity index (χ0) is 16.6. The summed E-state index contributed by atoms with van der Waals surface area (Å²) in [5.41, 5.74) is 3.43. The van der Waals surface area contributed by atoms with Crippen LogP contribution in [0.3, 0.4) is 0 Å². The zero-order valence-corrected chi connectivity index (χ0v) is 14.0. The molecule has 6 heteroatoms. The Morgan fingerprint density at radius 3 is 2.74 bits per heavy atom. The van der Waals surface area contributed by atoms with Gasteiger partial charge in [-0.3, -0.25) is 4.98 Å². The highest BCUT2D eigenvalue weighted by atomic mass is 16.6. The minimum Gasteiger partial charge on any atom is -0.444 e. The molecule has 6 nitrogen and oxygen atoms in total. The predicted octanol–water partition coefficient (Wildman–Crippen LogP) is 3.06. The molecule has 0 N–H and O–H groups in total. The van der Waals surface area contributed by atoms with Gasteiger partial charge in [0.2, 0.25) is 0 Å². The lowest BCUT2D eigenvalue weighted by atomic mass is 10.1. The topological polar surface area (TPSA) is 59.7 Å². The van der Waals surface area contributed by atoms with Gasteiger partial charge in [-0.25, -0.2) is 9.78 Å². The fourth-order valence-corrected chi connectivity index (χ4v) is 2.59. The largest absolute Gasteiger partial charge is 0.444 e. The standard InChI is InChI=1S/C17H22N4O2/c1-12-10-21-11-14(18-9-15(21)19-12)13-5-7-20(8-6-13)16(22)23-17(2,3)4/h5,9-11H,6-8H2,1-4H3. The molecule has 23 heavy (non-hydrogen) atoms. The molecule has 0 saturated heterocycles. The summed E-state index contributed by atoms with van der Waals surface area (Å²) in [6.07, 6.45) is 8.31. The van der Waals surface area contributed by atoms with Crippen LogP contribution in [0.25, 0.3) is 11.2 Å². The predicted molar refractivity (Wildman–Crippen MR) is 88.1 cm³/mol. The van der Waals surface area contributed by atoms with E-state index in [1.54, 1.807) is 11.1 Å². The number of nitrogens with zero attached hydrogens (tertiary/aromatic N) is 4. The molecular weight excluding hydrogens is 292 g/mol. The Balaban J connectivity index is 1.73. The maximum absolute atomic E-state index is 12.1. The molecule has 0 atom stereocenters. The number of carbonyl (C=O) groups is 1. The molecule has 0 saturated carbocycles. The van der Waals surface area contributed by atoms with E-state index in [4.69, 9.17) is 4.74 Å². The minimum absolute atomic E-state index is 0.263. The lowest BCUT2D eigenvalue weighted by Gasteiger charge is -2.29. The number of hydrogen-bond acceptors (Lipinski definition) is 4. The van der Waals surface area contributed by atoms with E-state index >= 15 is 0 Å². The Labute approximate surface area is 135 Å². The highest BCUT2D eigenvalue weighted by Gasteiger charge is 2.24. The second-order valence-corrected chi connectivity index (χ2v) is 6.83. The smallest absolute Gasteiger partial charge is 0.410 e. The molecule has 0 spiro atoms. The van der Waals surface area contributed by atoms with Gasteiger partial charge >= 0.3 is 6.09 Å². The lowest BCUT2D eigenvalue weighted by molar-refractivity contribution is 0.0270. The van der Waals surface area contributed by atoms with Crippen molar-refractivity contribution in [1.29, 1.82) is 0 Å². The molecule has 0 fully saturated rings. The van der Waals surface area contributed by atoms with E-state index in [9.17, 15) is 4.79 Å². The molecule has 0 aliphatic carbocycles. The van der Waals surface area contributed by atoms with Gasteiger partial charge in [-0.1, -0.05) is 6.08 Å². The van der Waals surface area contributed by atoms with Crippen LogP contribution in [0.15, 0.2) is 24.7 Å². The minimum atomic E-state index is -0.465. The second kappa shape index (κ2) is 5.68. The average Bonchev–Trinajstić information content (AvgIpc) is 2.84. The Bertz CT molecular complexity index is 770. The van der Waals surface area contributed by atoms with Crippen molar-refractivity contribution in [3.05, 3.63) is 36.1 Å². The number of carbonyl (C=O) groups excluding carboxylic acids is 1. The SMILES string of the molecule is Cc1cn2cc(C3=CCN(C(=O)OC(C)(C)C)CC3)ncc2n1. The van der Waals surface area contributed by atoms with Gasteiger partial charge < -0.3 is 14.0 Å². The first-order chi connectivity index (χ1) is 10.8. The van der Waals surface area contributed by atoms with Crippen molar-refractivity contribution in [3.63, 3.8) is 0 Å². The molecular formula is C17H22N4O2. The van der Waals surface area contributed by atoms with Crippen LogP contribution in [0.1, 0.15) is 38.6 Å². The van der Waals surface area contributed by atoms with Gasteiger partial charge in [-0.15, -0.1) is 0 Å². The van der Waals surface area contributed by atoms with Crippen LogP contribution in [-0.4, -0.2) is 44.1 Å². The van der Waals surface area contributed by atoms with E-state index in [2.05, 4.69) is 9.97 Å². The van der Waals surface area contributed by atoms with Crippen molar-refractivity contribution >= 4 is 17.3 Å². The number of aromatic nitrogens is 3. The quantitative estimate of drug-likeness (QED) is 0.811. The number of imidazole rings is 1. The van der Waals surface area contributed by atoms with Crippen molar-refractivity contribution in [2.75, 3.05) is 13.1 Å². The molecule has 2 aromatic rings. The van der Waals surface area contributed by atoms with Gasteiger partial charge in [0.15, 0.2) is 5.65 Å². The third-order valence-electron chi connectivity index (χ3n) is 3.65. The molecule has 0 bridgehead atoms. The summed E-state index contributed by atoms with van der Waals surface area (Å²) in [6, 6.07) is 0. The third-order valence-corrected chi connectivity index (χ3v) is 3.65. The first-order valence-electron chi connectivity index (χ1n) is 7.80. The summed E-state index contributed by atoms with van der Waals surface area (Å²) in [5, 5.41) is 0. The van der Waals surface area contributed by atoms with Crippen LogP contribution in [0.5, 0.6) is 0 Å². The molecule has 2 aromatic heterocycles. The molecule has 1 aliphatic heterocycles. The van der Waals surface area contributed by atoms with Crippen molar-refractivity contribution in [1.82, 2.24) is 19.3 Å². The molecule has 3 rings (SSSR count). The number of fused-ring (bicyclic) bond motifs is 1. The molecule has 1 aliphatic rings. The van der Waals surface area contributed by atoms with Crippen LogP contribution >= 0.6 is 0 Å². The van der Waals surface area contributed by atoms with Crippen molar-refractivity contribution in [2.24, 2.45) is 0 Å². The number of ether oxygens (including phenoxy) is 1. The second-order valence-electron chi connectivity index (χ2n) is 6.83. The fourth-order valence-electron chi connectivity index (χ4n) is 2.59. The van der Waals surface area contributed by atoms with Gasteiger partial charge in [0.25, 0.3) is 0 Å². The highest BCUT2D eigenvalue weighted by molar-refractivity contribution is 5.71. The van der Waals surface area contributed by atoms with Gasteiger partial charge in [0, 0.05) is 25.5 Å². The van der Waals surface area contributed by atoms with Crippen molar-refractivity contribution in [2.45, 2.75) is 39.7 Å². The first kappa shape index (κ1) is 15.5. The van der Waals surface area contributed by atoms with Crippen molar-refractivity contribution < 1.29 is 9.53 Å². The Morgan fingerprint density at radius 2 is 2.09 bits per heavy atom. The summed E-state index contributed by atoms with van der Waals surface area (Å²) < 4.78 is 7.39. The summed E-state index contributed by atoms with van der Waals surface area (Å²) in [5.74, 6) is 0. The Morgan fingerprint density at radius 1 is 1.30 bits per heavy atom. The number of amides is 1. The number of aryl methyl sites for hydroxylation is 1. The maximum Gasteiger partial charge on any atom is 0.410 e. The van der Waals surface area contributed by atoms with Crippen LogP contribution in [0, 0.1) is 6.92 Å². The van der Waals surface area contributed by atoms with Crippen molar-refractivity contribution in [3.8, 4) is 0 Å². The van der Waals surface area contributed by atoms with E-state index in [0.717, 1.165) is 29.0 Å². The van der Waals surface area contributed by atoms with E-state index in [1.165, 1.54) is 0 Å². The highest BCUT2D eigenvalue weighted by Crippen LogP contribution is 2.22. The summed E-state index contributed by atoms with van der Waals surface area (Å²) >= 11 is 0. The summed E-state index contributed by atoms with van der Waals surface area (Å²) in [4.78, 5) is 22.7. The van der Waals surface area contributed by atoms with Crippen LogP contribution < -0.4 is 0 Å². The van der Waals surface area contributed by atoms with Gasteiger partial charge in [0.1, 0.15) is 5.60 Å². The third kappa shape index (κ3) is 3.52. The monoisotopic (exact) mass is 314 g/mol. The van der Waals surface area contributed by atoms with Gasteiger partial charge in [-0.2, -0.15) is 0 Å². The van der Waals surface area contributed by atoms with E-state index in [-0.39, 0.29) is 6.09 Å². The van der Waals surface area contributed by atoms with Gasteiger partial charge in [-0.05, 0) is 39.7 Å². The van der Waals surface area contributed by atoms with Crippen LogP contribution in [-0.2, 0) is 4.74 Å². The van der Waals surface area contributed by atoms with E-state index in [0.29, 0.717) is 13.1 Å². The molecule has 0 aromatic carbocycles. The van der Waals surface area contributed by atoms with Crippen LogP contribution in [0.4, 0.5) is 4.79 Å². The van der Waals surface area contributed by atoms with Crippen LogP contribution in [0.2, 0.25) is 0 Å². The van der Waals surface area contributed by atoms with E-state index in [1.807, 2.05) is 50.6 Å². The first-order valence-corrected chi connectivity index (χ1v) is 7.80. The molecule has 1 amide bonds. The Kier molecular flexibility index (Phi) is 3.83. The fraction of sp³-hybridized carbons (Fsp3) is 0.471. The number of rotatable bonds is 1. The average molecular weight is 314 g/mol. The normalized spacial score (nSPS) is 15.7. The summed E-state index contributed by atoms with van der Waals surface area (Å²) in [6.45, 7) is 8.79. The lowest BCUT2D eigenvalue weighted by Crippen LogP contribution is -2.39. The Hall–Kier alpha value is -2.37. The zero-order valence-electron chi connectivity index (χ0n) is 14.0. The summed E-state index contributed by atoms with van der Waals surface area (Å²) in [7, 11) is 0. The molecule has 0 unspecified atom stereocenters. The molecule has 122 valence electrons. The molecule has 0 radical (unpaired) electrons. The maximum atomic E-state index is 12.1.